The first-order valence-electron chi connectivity index (χ1n) is 8.51. The summed E-state index contributed by atoms with van der Waals surface area (Å²) in [5.41, 5.74) is 6.52. The number of nitrogens with zero attached hydrogens (tertiary/aromatic N) is 2. The lowest BCUT2D eigenvalue weighted by atomic mass is 9.70. The van der Waals surface area contributed by atoms with Crippen LogP contribution >= 0.6 is 0 Å². The molecule has 1 fully saturated rings. The van der Waals surface area contributed by atoms with Crippen molar-refractivity contribution in [1.82, 2.24) is 10.1 Å². The maximum Gasteiger partial charge on any atom is 0.243 e. The van der Waals surface area contributed by atoms with E-state index >= 15 is 0 Å². The first kappa shape index (κ1) is 16.5. The summed E-state index contributed by atoms with van der Waals surface area (Å²) in [5, 5.41) is 4.19. The fraction of sp³-hybridized carbons (Fsp3) is 0.882. The molecule has 1 atom stereocenters. The van der Waals surface area contributed by atoms with Crippen LogP contribution in [-0.4, -0.2) is 10.1 Å². The van der Waals surface area contributed by atoms with Crippen molar-refractivity contribution in [3.8, 4) is 0 Å². The molecule has 1 aromatic heterocycles. The molecule has 1 heterocycles. The number of unbranched alkanes of at least 4 members (excludes halogenated alkanes) is 1. The number of rotatable bonds is 5. The minimum atomic E-state index is -0.0999. The van der Waals surface area contributed by atoms with Gasteiger partial charge in [0.2, 0.25) is 5.89 Å². The minimum absolute atomic E-state index is 0.0999. The predicted octanol–water partition coefficient (Wildman–Crippen LogP) is 4.58. The van der Waals surface area contributed by atoms with Gasteiger partial charge < -0.3 is 10.3 Å². The Bertz CT molecular complexity index is 427. The first-order chi connectivity index (χ1) is 9.91. The van der Waals surface area contributed by atoms with Crippen molar-refractivity contribution in [3.63, 3.8) is 0 Å². The summed E-state index contributed by atoms with van der Waals surface area (Å²) in [7, 11) is 0. The van der Waals surface area contributed by atoms with E-state index in [4.69, 9.17) is 10.3 Å². The standard InChI is InChI=1S/C17H31N3O/c1-5-6-7-14(18)16-19-15(20-21-16)12-8-10-13(11-9-12)17(2,3)4/h12-14H,5-11,18H2,1-4H3/t12?,13?,14-/m0/s1. The fourth-order valence-electron chi connectivity index (χ4n) is 3.33. The van der Waals surface area contributed by atoms with Crippen LogP contribution in [0.15, 0.2) is 4.52 Å². The third-order valence-corrected chi connectivity index (χ3v) is 4.96. The highest BCUT2D eigenvalue weighted by Gasteiger charge is 2.32. The Hall–Kier alpha value is -0.900. The SMILES string of the molecule is CCCC[C@H](N)c1nc(C2CCC(C(C)(C)C)CC2)no1. The van der Waals surface area contributed by atoms with Crippen molar-refractivity contribution in [2.75, 3.05) is 0 Å². The van der Waals surface area contributed by atoms with Gasteiger partial charge in [0.25, 0.3) is 0 Å². The molecule has 4 heteroatoms. The molecule has 0 amide bonds. The van der Waals surface area contributed by atoms with Gasteiger partial charge in [-0.05, 0) is 43.4 Å². The Morgan fingerprint density at radius 3 is 2.48 bits per heavy atom. The molecule has 0 unspecified atom stereocenters. The summed E-state index contributed by atoms with van der Waals surface area (Å²) in [5.74, 6) is 2.77. The summed E-state index contributed by atoms with van der Waals surface area (Å²) in [6, 6.07) is -0.0999. The molecular weight excluding hydrogens is 262 g/mol. The van der Waals surface area contributed by atoms with Gasteiger partial charge in [0, 0.05) is 5.92 Å². The van der Waals surface area contributed by atoms with Crippen molar-refractivity contribution in [2.45, 2.75) is 84.6 Å². The average Bonchev–Trinajstić information content (AvgIpc) is 2.94. The summed E-state index contributed by atoms with van der Waals surface area (Å²) >= 11 is 0. The van der Waals surface area contributed by atoms with Gasteiger partial charge in [-0.25, -0.2) is 0 Å². The Balaban J connectivity index is 1.91. The fourth-order valence-corrected chi connectivity index (χ4v) is 3.33. The van der Waals surface area contributed by atoms with E-state index in [9.17, 15) is 0 Å². The Labute approximate surface area is 128 Å². The second-order valence-corrected chi connectivity index (χ2v) is 7.65. The highest BCUT2D eigenvalue weighted by atomic mass is 16.5. The minimum Gasteiger partial charge on any atom is -0.338 e. The molecule has 0 aliphatic heterocycles. The Kier molecular flexibility index (Phi) is 5.42. The van der Waals surface area contributed by atoms with Gasteiger partial charge in [-0.3, -0.25) is 0 Å². The van der Waals surface area contributed by atoms with Crippen LogP contribution in [0.4, 0.5) is 0 Å². The molecule has 21 heavy (non-hydrogen) atoms. The zero-order valence-corrected chi connectivity index (χ0v) is 14.1. The molecule has 1 aromatic rings. The molecule has 2 N–H and O–H groups in total. The molecule has 1 saturated carbocycles. The summed E-state index contributed by atoms with van der Waals surface area (Å²) in [4.78, 5) is 4.57. The zero-order valence-electron chi connectivity index (χ0n) is 14.1. The van der Waals surface area contributed by atoms with Crippen molar-refractivity contribution < 1.29 is 4.52 Å². The van der Waals surface area contributed by atoms with Crippen LogP contribution in [0.1, 0.15) is 96.3 Å². The predicted molar refractivity (Wildman–Crippen MR) is 84.9 cm³/mol. The van der Waals surface area contributed by atoms with Crippen molar-refractivity contribution in [3.05, 3.63) is 11.7 Å². The number of hydrogen-bond donors (Lipinski definition) is 1. The van der Waals surface area contributed by atoms with Gasteiger partial charge in [0.1, 0.15) is 0 Å². The van der Waals surface area contributed by atoms with Gasteiger partial charge in [0.05, 0.1) is 6.04 Å². The van der Waals surface area contributed by atoms with Crippen molar-refractivity contribution >= 4 is 0 Å². The van der Waals surface area contributed by atoms with Crippen molar-refractivity contribution in [2.24, 2.45) is 17.1 Å². The van der Waals surface area contributed by atoms with E-state index in [-0.39, 0.29) is 6.04 Å². The maximum atomic E-state index is 6.11. The summed E-state index contributed by atoms with van der Waals surface area (Å²) in [6.07, 6.45) is 8.05. The Morgan fingerprint density at radius 1 is 1.24 bits per heavy atom. The van der Waals surface area contributed by atoms with E-state index in [1.54, 1.807) is 0 Å². The number of nitrogens with two attached hydrogens (primary N) is 1. The van der Waals surface area contributed by atoms with Crippen LogP contribution in [0.2, 0.25) is 0 Å². The van der Waals surface area contributed by atoms with Gasteiger partial charge in [-0.2, -0.15) is 4.98 Å². The van der Waals surface area contributed by atoms with Crippen LogP contribution in [0.5, 0.6) is 0 Å². The molecule has 0 bridgehead atoms. The van der Waals surface area contributed by atoms with Gasteiger partial charge in [-0.1, -0.05) is 45.7 Å². The largest absolute Gasteiger partial charge is 0.338 e. The maximum absolute atomic E-state index is 6.11. The second-order valence-electron chi connectivity index (χ2n) is 7.65. The lowest BCUT2D eigenvalue weighted by Crippen LogP contribution is -2.25. The molecule has 0 aromatic carbocycles. The second kappa shape index (κ2) is 6.91. The number of aromatic nitrogens is 2. The molecule has 2 rings (SSSR count). The quantitative estimate of drug-likeness (QED) is 0.863. The molecule has 0 saturated heterocycles. The van der Waals surface area contributed by atoms with E-state index < -0.39 is 0 Å². The van der Waals surface area contributed by atoms with E-state index in [2.05, 4.69) is 37.8 Å². The third kappa shape index (κ3) is 4.29. The summed E-state index contributed by atoms with van der Waals surface area (Å²) in [6.45, 7) is 9.20. The molecule has 0 spiro atoms. The van der Waals surface area contributed by atoms with Gasteiger partial charge in [0.15, 0.2) is 5.82 Å². The zero-order chi connectivity index (χ0) is 15.5. The van der Waals surface area contributed by atoms with Crippen LogP contribution in [-0.2, 0) is 0 Å². The summed E-state index contributed by atoms with van der Waals surface area (Å²) < 4.78 is 5.38. The highest BCUT2D eigenvalue weighted by molar-refractivity contribution is 5.00. The first-order valence-corrected chi connectivity index (χ1v) is 8.51. The van der Waals surface area contributed by atoms with Gasteiger partial charge >= 0.3 is 0 Å². The lowest BCUT2D eigenvalue weighted by molar-refractivity contribution is 0.166. The third-order valence-electron chi connectivity index (χ3n) is 4.96. The van der Waals surface area contributed by atoms with Crippen LogP contribution in [0, 0.1) is 11.3 Å². The normalized spacial score (nSPS) is 25.0. The van der Waals surface area contributed by atoms with Gasteiger partial charge in [-0.15, -0.1) is 0 Å². The topological polar surface area (TPSA) is 64.9 Å². The van der Waals surface area contributed by atoms with E-state index in [1.165, 1.54) is 25.7 Å². The van der Waals surface area contributed by atoms with E-state index in [1.807, 2.05) is 0 Å². The molecule has 4 nitrogen and oxygen atoms in total. The highest BCUT2D eigenvalue weighted by Crippen LogP contribution is 2.42. The number of hydrogen-bond acceptors (Lipinski definition) is 4. The molecular formula is C17H31N3O. The monoisotopic (exact) mass is 293 g/mol. The van der Waals surface area contributed by atoms with Crippen molar-refractivity contribution in [1.29, 1.82) is 0 Å². The molecule has 120 valence electrons. The van der Waals surface area contributed by atoms with Crippen LogP contribution < -0.4 is 5.73 Å². The van der Waals surface area contributed by atoms with E-state index in [0.29, 0.717) is 17.2 Å². The smallest absolute Gasteiger partial charge is 0.243 e. The molecule has 0 radical (unpaired) electrons. The Morgan fingerprint density at radius 2 is 1.90 bits per heavy atom. The molecule has 1 aliphatic carbocycles. The van der Waals surface area contributed by atoms with Crippen LogP contribution in [0.3, 0.4) is 0 Å². The van der Waals surface area contributed by atoms with Crippen LogP contribution in [0.25, 0.3) is 0 Å². The van der Waals surface area contributed by atoms with E-state index in [0.717, 1.165) is 31.0 Å². The average molecular weight is 293 g/mol. The lowest BCUT2D eigenvalue weighted by Gasteiger charge is -2.36. The molecule has 1 aliphatic rings.